The Morgan fingerprint density at radius 1 is 1.17 bits per heavy atom. The number of nitrogens with zero attached hydrogens (tertiary/aromatic N) is 1. The molecule has 18 heavy (non-hydrogen) atoms. The van der Waals surface area contributed by atoms with E-state index in [1.54, 1.807) is 12.4 Å². The molecule has 1 aromatic rings. The molecule has 4 heteroatoms. The maximum absolute atomic E-state index is 12.1. The third kappa shape index (κ3) is 1.58. The van der Waals surface area contributed by atoms with Crippen LogP contribution in [0, 0.1) is 23.7 Å². The van der Waals surface area contributed by atoms with Gasteiger partial charge in [-0.2, -0.15) is 5.10 Å². The van der Waals surface area contributed by atoms with Crippen molar-refractivity contribution in [2.24, 2.45) is 23.7 Å². The van der Waals surface area contributed by atoms with Crippen LogP contribution in [0.15, 0.2) is 12.4 Å². The fourth-order valence-electron chi connectivity index (χ4n) is 4.77. The summed E-state index contributed by atoms with van der Waals surface area (Å²) >= 11 is 0. The molecule has 0 aromatic carbocycles. The Morgan fingerprint density at radius 2 is 1.83 bits per heavy atom. The lowest BCUT2D eigenvalue weighted by Gasteiger charge is -2.54. The molecule has 4 aliphatic carbocycles. The number of hydrogen-bond donors (Lipinski definition) is 2. The van der Waals surface area contributed by atoms with Crippen LogP contribution in [0.25, 0.3) is 0 Å². The molecule has 1 heterocycles. The van der Waals surface area contributed by atoms with Crippen LogP contribution in [-0.4, -0.2) is 22.1 Å². The van der Waals surface area contributed by atoms with Crippen molar-refractivity contribution in [2.45, 2.75) is 38.1 Å². The van der Waals surface area contributed by atoms with Gasteiger partial charge in [-0.3, -0.25) is 9.89 Å². The van der Waals surface area contributed by atoms with Crippen molar-refractivity contribution in [1.82, 2.24) is 15.5 Å². The van der Waals surface area contributed by atoms with Crippen LogP contribution in [0.3, 0.4) is 0 Å². The van der Waals surface area contributed by atoms with E-state index in [1.165, 1.54) is 32.1 Å². The Hall–Kier alpha value is -1.32. The van der Waals surface area contributed by atoms with E-state index in [9.17, 15) is 4.79 Å². The molecular weight excluding hydrogens is 226 g/mol. The zero-order valence-electron chi connectivity index (χ0n) is 10.4. The molecule has 0 aliphatic heterocycles. The molecule has 4 saturated carbocycles. The summed E-state index contributed by atoms with van der Waals surface area (Å²) in [7, 11) is 0. The molecule has 4 bridgehead atoms. The second-order valence-electron chi connectivity index (χ2n) is 6.42. The van der Waals surface area contributed by atoms with Crippen molar-refractivity contribution < 1.29 is 4.79 Å². The Bertz CT molecular complexity index is 426. The van der Waals surface area contributed by atoms with Gasteiger partial charge in [-0.15, -0.1) is 0 Å². The van der Waals surface area contributed by atoms with Crippen molar-refractivity contribution in [1.29, 1.82) is 0 Å². The number of aromatic nitrogens is 2. The molecule has 0 radical (unpaired) electrons. The second kappa shape index (κ2) is 3.84. The first-order valence-corrected chi connectivity index (χ1v) is 7.09. The molecule has 2 N–H and O–H groups in total. The third-order valence-electron chi connectivity index (χ3n) is 5.28. The minimum atomic E-state index is 0.0428. The Balaban J connectivity index is 1.50. The Morgan fingerprint density at radius 3 is 2.39 bits per heavy atom. The van der Waals surface area contributed by atoms with E-state index in [1.807, 2.05) is 0 Å². The lowest BCUT2D eigenvalue weighted by molar-refractivity contribution is -0.0119. The number of carbonyl (C=O) groups excluding carboxylic acids is 1. The molecule has 4 nitrogen and oxygen atoms in total. The maximum atomic E-state index is 12.1. The SMILES string of the molecule is O=C(NC1C2CC3CC(C2)CC1C3)c1cn[nH]c1. The van der Waals surface area contributed by atoms with E-state index in [2.05, 4.69) is 15.5 Å². The summed E-state index contributed by atoms with van der Waals surface area (Å²) in [6.45, 7) is 0. The number of rotatable bonds is 2. The minimum Gasteiger partial charge on any atom is -0.349 e. The largest absolute Gasteiger partial charge is 0.349 e. The van der Waals surface area contributed by atoms with Gasteiger partial charge in [0.05, 0.1) is 11.8 Å². The van der Waals surface area contributed by atoms with Crippen LogP contribution in [0.5, 0.6) is 0 Å². The zero-order valence-corrected chi connectivity index (χ0v) is 10.4. The predicted octanol–water partition coefficient (Wildman–Crippen LogP) is 1.96. The molecule has 96 valence electrons. The number of nitrogens with one attached hydrogen (secondary N) is 2. The maximum Gasteiger partial charge on any atom is 0.254 e. The quantitative estimate of drug-likeness (QED) is 0.837. The molecule has 0 atom stereocenters. The van der Waals surface area contributed by atoms with Crippen LogP contribution >= 0.6 is 0 Å². The average molecular weight is 245 g/mol. The molecule has 0 saturated heterocycles. The zero-order chi connectivity index (χ0) is 12.1. The van der Waals surface area contributed by atoms with E-state index in [-0.39, 0.29) is 5.91 Å². The summed E-state index contributed by atoms with van der Waals surface area (Å²) < 4.78 is 0. The van der Waals surface area contributed by atoms with Gasteiger partial charge in [0.25, 0.3) is 5.91 Å². The topological polar surface area (TPSA) is 57.8 Å². The van der Waals surface area contributed by atoms with E-state index in [0.29, 0.717) is 11.6 Å². The lowest BCUT2D eigenvalue weighted by Crippen LogP contribution is -2.55. The predicted molar refractivity (Wildman–Crippen MR) is 66.9 cm³/mol. The van der Waals surface area contributed by atoms with Crippen LogP contribution in [0.4, 0.5) is 0 Å². The van der Waals surface area contributed by atoms with Crippen molar-refractivity contribution in [3.8, 4) is 0 Å². The first-order chi connectivity index (χ1) is 8.79. The van der Waals surface area contributed by atoms with Crippen LogP contribution < -0.4 is 5.32 Å². The molecule has 4 aliphatic rings. The number of H-pyrrole nitrogens is 1. The van der Waals surface area contributed by atoms with Gasteiger partial charge in [0.15, 0.2) is 0 Å². The lowest BCUT2D eigenvalue weighted by atomic mass is 9.54. The van der Waals surface area contributed by atoms with E-state index >= 15 is 0 Å². The van der Waals surface area contributed by atoms with Crippen molar-refractivity contribution in [3.63, 3.8) is 0 Å². The Labute approximate surface area is 107 Å². The molecule has 4 fully saturated rings. The van der Waals surface area contributed by atoms with Crippen molar-refractivity contribution in [3.05, 3.63) is 18.0 Å². The summed E-state index contributed by atoms with van der Waals surface area (Å²) in [5, 5.41) is 9.81. The monoisotopic (exact) mass is 245 g/mol. The van der Waals surface area contributed by atoms with Crippen LogP contribution in [0.1, 0.15) is 42.5 Å². The van der Waals surface area contributed by atoms with Crippen LogP contribution in [-0.2, 0) is 0 Å². The first-order valence-electron chi connectivity index (χ1n) is 7.09. The van der Waals surface area contributed by atoms with E-state index in [0.717, 1.165) is 23.7 Å². The molecule has 0 spiro atoms. The molecular formula is C14H19N3O. The summed E-state index contributed by atoms with van der Waals surface area (Å²) in [4.78, 5) is 12.1. The molecule has 1 aromatic heterocycles. The smallest absolute Gasteiger partial charge is 0.254 e. The summed E-state index contributed by atoms with van der Waals surface area (Å²) in [5.74, 6) is 3.42. The average Bonchev–Trinajstić information content (AvgIpc) is 2.86. The van der Waals surface area contributed by atoms with Gasteiger partial charge in [0.2, 0.25) is 0 Å². The summed E-state index contributed by atoms with van der Waals surface area (Å²) in [6.07, 6.45) is 10.1. The van der Waals surface area contributed by atoms with Gasteiger partial charge < -0.3 is 5.32 Å². The van der Waals surface area contributed by atoms with Crippen LogP contribution in [0.2, 0.25) is 0 Å². The van der Waals surface area contributed by atoms with Gasteiger partial charge in [-0.05, 0) is 55.8 Å². The molecule has 0 unspecified atom stereocenters. The normalized spacial score (nSPS) is 41.0. The van der Waals surface area contributed by atoms with Gasteiger partial charge in [0.1, 0.15) is 0 Å². The fourth-order valence-corrected chi connectivity index (χ4v) is 4.77. The Kier molecular flexibility index (Phi) is 2.26. The summed E-state index contributed by atoms with van der Waals surface area (Å²) in [6, 6.07) is 0.417. The highest BCUT2D eigenvalue weighted by atomic mass is 16.1. The number of carbonyl (C=O) groups is 1. The van der Waals surface area contributed by atoms with Gasteiger partial charge in [-0.1, -0.05) is 0 Å². The second-order valence-corrected chi connectivity index (χ2v) is 6.42. The first kappa shape index (κ1) is 10.6. The summed E-state index contributed by atoms with van der Waals surface area (Å²) in [5.41, 5.74) is 0.656. The minimum absolute atomic E-state index is 0.0428. The highest BCUT2D eigenvalue weighted by Crippen LogP contribution is 2.53. The third-order valence-corrected chi connectivity index (χ3v) is 5.28. The fraction of sp³-hybridized carbons (Fsp3) is 0.714. The standard InChI is InChI=1S/C14H19N3O/c18-14(12-6-15-16-7-12)17-13-10-2-8-1-9(4-10)5-11(13)3-8/h6-11,13H,1-5H2,(H,15,16)(H,17,18). The highest BCUT2D eigenvalue weighted by molar-refractivity contribution is 5.93. The molecule has 5 rings (SSSR count). The highest BCUT2D eigenvalue weighted by Gasteiger charge is 2.48. The number of hydrogen-bond acceptors (Lipinski definition) is 2. The van der Waals surface area contributed by atoms with E-state index < -0.39 is 0 Å². The van der Waals surface area contributed by atoms with Gasteiger partial charge in [-0.25, -0.2) is 0 Å². The van der Waals surface area contributed by atoms with E-state index in [4.69, 9.17) is 0 Å². The molecule has 1 amide bonds. The van der Waals surface area contributed by atoms with Gasteiger partial charge in [0, 0.05) is 12.2 Å². The van der Waals surface area contributed by atoms with Gasteiger partial charge >= 0.3 is 0 Å². The van der Waals surface area contributed by atoms with Crippen molar-refractivity contribution in [2.75, 3.05) is 0 Å². The number of aromatic amines is 1. The number of amides is 1. The van der Waals surface area contributed by atoms with Crippen molar-refractivity contribution >= 4 is 5.91 Å².